The summed E-state index contributed by atoms with van der Waals surface area (Å²) in [5.74, 6) is -0.552. The topological polar surface area (TPSA) is 103 Å². The molecule has 3 aromatic carbocycles. The normalized spacial score (nSPS) is 14.7. The monoisotopic (exact) mass is 745 g/mol. The molecular formula is C33H24BrClF3N3O5S. The molecule has 0 saturated carbocycles. The fourth-order valence-electron chi connectivity index (χ4n) is 4.93. The molecular weight excluding hydrogens is 723 g/mol. The molecule has 5 rings (SSSR count). The number of ether oxygens (including phenoxy) is 3. The summed E-state index contributed by atoms with van der Waals surface area (Å²) in [5, 5.41) is 9.73. The van der Waals surface area contributed by atoms with Gasteiger partial charge in [0.15, 0.2) is 22.0 Å². The van der Waals surface area contributed by atoms with Crippen molar-refractivity contribution in [2.24, 2.45) is 4.99 Å². The lowest BCUT2D eigenvalue weighted by Gasteiger charge is -2.26. The SMILES string of the molecule is CCOC(=O)C1=C(C(F)(F)F)N=c2s/c(=C\c3cc(Br)c(OCc4ccccc4C#N)c(OCC)c3)c(=O)n2[C@H]1c1ccc(Cl)cc1. The van der Waals surface area contributed by atoms with Gasteiger partial charge in [0, 0.05) is 10.6 Å². The molecule has 242 valence electrons. The number of nitriles is 1. The van der Waals surface area contributed by atoms with E-state index < -0.39 is 35.0 Å². The van der Waals surface area contributed by atoms with Gasteiger partial charge in [0.05, 0.1) is 45.5 Å². The Kier molecular flexibility index (Phi) is 10.2. The molecule has 0 N–H and O–H groups in total. The number of benzene rings is 3. The molecule has 0 fully saturated rings. The second-order valence-corrected chi connectivity index (χ2v) is 12.2. The van der Waals surface area contributed by atoms with Crippen molar-refractivity contribution in [3.63, 3.8) is 0 Å². The van der Waals surface area contributed by atoms with Gasteiger partial charge in [-0.05, 0) is 77.3 Å². The van der Waals surface area contributed by atoms with Gasteiger partial charge in [-0.3, -0.25) is 9.36 Å². The van der Waals surface area contributed by atoms with E-state index >= 15 is 0 Å². The van der Waals surface area contributed by atoms with Crippen LogP contribution in [0.15, 0.2) is 86.2 Å². The summed E-state index contributed by atoms with van der Waals surface area (Å²) < 4.78 is 61.6. The van der Waals surface area contributed by atoms with Crippen LogP contribution < -0.4 is 24.4 Å². The first-order chi connectivity index (χ1) is 22.5. The highest BCUT2D eigenvalue weighted by atomic mass is 79.9. The van der Waals surface area contributed by atoms with Crippen molar-refractivity contribution in [1.82, 2.24) is 4.57 Å². The zero-order valence-corrected chi connectivity index (χ0v) is 27.9. The molecule has 8 nitrogen and oxygen atoms in total. The van der Waals surface area contributed by atoms with Gasteiger partial charge in [-0.2, -0.15) is 18.4 Å². The lowest BCUT2D eigenvalue weighted by atomic mass is 9.95. The largest absolute Gasteiger partial charge is 0.490 e. The predicted molar refractivity (Wildman–Crippen MR) is 173 cm³/mol. The third kappa shape index (κ3) is 7.15. The Balaban J connectivity index is 1.65. The van der Waals surface area contributed by atoms with Crippen molar-refractivity contribution in [2.75, 3.05) is 13.2 Å². The van der Waals surface area contributed by atoms with E-state index in [-0.39, 0.29) is 34.7 Å². The highest BCUT2D eigenvalue weighted by Crippen LogP contribution is 2.39. The predicted octanol–water partition coefficient (Wildman–Crippen LogP) is 6.61. The number of fused-ring (bicyclic) bond motifs is 1. The van der Waals surface area contributed by atoms with E-state index in [1.807, 2.05) is 0 Å². The maximum atomic E-state index is 14.4. The van der Waals surface area contributed by atoms with Gasteiger partial charge in [0.25, 0.3) is 5.56 Å². The number of hydrogen-bond donors (Lipinski definition) is 0. The Morgan fingerprint density at radius 2 is 1.85 bits per heavy atom. The molecule has 47 heavy (non-hydrogen) atoms. The van der Waals surface area contributed by atoms with Crippen LogP contribution in [-0.4, -0.2) is 29.9 Å². The van der Waals surface area contributed by atoms with E-state index in [2.05, 4.69) is 27.0 Å². The number of hydrogen-bond acceptors (Lipinski definition) is 8. The van der Waals surface area contributed by atoms with E-state index in [4.69, 9.17) is 25.8 Å². The maximum absolute atomic E-state index is 14.4. The first-order valence-electron chi connectivity index (χ1n) is 14.1. The number of aromatic nitrogens is 1. The number of alkyl halides is 3. The summed E-state index contributed by atoms with van der Waals surface area (Å²) in [6, 6.07) is 16.7. The fraction of sp³-hybridized carbons (Fsp3) is 0.212. The first kappa shape index (κ1) is 34.0. The van der Waals surface area contributed by atoms with Gasteiger partial charge in [-0.25, -0.2) is 9.79 Å². The quantitative estimate of drug-likeness (QED) is 0.179. The molecule has 4 aromatic rings. The van der Waals surface area contributed by atoms with Crippen LogP contribution in [-0.2, 0) is 16.1 Å². The number of allylic oxidation sites excluding steroid dienone is 1. The van der Waals surface area contributed by atoms with Crippen molar-refractivity contribution in [2.45, 2.75) is 32.7 Å². The minimum atomic E-state index is -5.03. The molecule has 14 heteroatoms. The first-order valence-corrected chi connectivity index (χ1v) is 16.1. The summed E-state index contributed by atoms with van der Waals surface area (Å²) in [6.07, 6.45) is -3.53. The Hall–Kier alpha value is -4.38. The minimum absolute atomic E-state index is 0.0558. The summed E-state index contributed by atoms with van der Waals surface area (Å²) in [4.78, 5) is 30.5. The molecule has 1 aliphatic heterocycles. The van der Waals surface area contributed by atoms with Crippen LogP contribution in [0.25, 0.3) is 6.08 Å². The Morgan fingerprint density at radius 1 is 1.13 bits per heavy atom. The summed E-state index contributed by atoms with van der Waals surface area (Å²) >= 11 is 10.3. The second kappa shape index (κ2) is 14.2. The molecule has 0 unspecified atom stereocenters. The molecule has 1 aromatic heterocycles. The van der Waals surface area contributed by atoms with Gasteiger partial charge in [0.2, 0.25) is 0 Å². The number of nitrogens with zero attached hydrogens (tertiary/aromatic N) is 3. The summed E-state index contributed by atoms with van der Waals surface area (Å²) in [5.41, 5.74) is -1.09. The highest BCUT2D eigenvalue weighted by molar-refractivity contribution is 9.10. The maximum Gasteiger partial charge on any atom is 0.434 e. The van der Waals surface area contributed by atoms with Crippen LogP contribution in [0.1, 0.15) is 42.1 Å². The number of carbonyl (C=O) groups excluding carboxylic acids is 1. The summed E-state index contributed by atoms with van der Waals surface area (Å²) in [6.45, 7) is 3.42. The minimum Gasteiger partial charge on any atom is -0.490 e. The molecule has 0 bridgehead atoms. The molecule has 0 spiro atoms. The van der Waals surface area contributed by atoms with Crippen LogP contribution in [0.5, 0.6) is 11.5 Å². The highest BCUT2D eigenvalue weighted by Gasteiger charge is 2.45. The molecule has 1 atom stereocenters. The molecule has 1 aliphatic rings. The van der Waals surface area contributed by atoms with E-state index in [9.17, 15) is 28.0 Å². The van der Waals surface area contributed by atoms with Gasteiger partial charge >= 0.3 is 12.1 Å². The average Bonchev–Trinajstić information content (AvgIpc) is 3.34. The van der Waals surface area contributed by atoms with Gasteiger partial charge < -0.3 is 14.2 Å². The van der Waals surface area contributed by atoms with Gasteiger partial charge in [0.1, 0.15) is 6.61 Å². The summed E-state index contributed by atoms with van der Waals surface area (Å²) in [7, 11) is 0. The van der Waals surface area contributed by atoms with Crippen LogP contribution >= 0.6 is 38.9 Å². The fourth-order valence-corrected chi connectivity index (χ4v) is 6.63. The van der Waals surface area contributed by atoms with Crippen LogP contribution in [0, 0.1) is 11.3 Å². The molecule has 0 radical (unpaired) electrons. The standard InChI is InChI=1S/C33H24BrClF3N3O5S/c1-3-44-24-14-18(13-23(34)28(24)46-17-21-8-6-5-7-20(21)16-39)15-25-30(42)41-27(19-9-11-22(35)12-10-19)26(31(43)45-4-2)29(33(36,37)38)40-32(41)47-25/h5-15,27H,3-4,17H2,1-2H3/b25-15-/t27-/m0/s1. The number of thiazole rings is 1. The lowest BCUT2D eigenvalue weighted by Crippen LogP contribution is -2.41. The Labute approximate surface area is 283 Å². The zero-order valence-electron chi connectivity index (χ0n) is 24.7. The van der Waals surface area contributed by atoms with E-state index in [1.54, 1.807) is 43.3 Å². The van der Waals surface area contributed by atoms with E-state index in [0.717, 1.165) is 15.9 Å². The van der Waals surface area contributed by atoms with Crippen molar-refractivity contribution in [3.8, 4) is 17.6 Å². The number of carbonyl (C=O) groups is 1. The van der Waals surface area contributed by atoms with Crippen LogP contribution in [0.3, 0.4) is 0 Å². The third-order valence-electron chi connectivity index (χ3n) is 6.92. The molecule has 0 amide bonds. The zero-order chi connectivity index (χ0) is 33.9. The average molecular weight is 747 g/mol. The van der Waals surface area contributed by atoms with Crippen LogP contribution in [0.4, 0.5) is 13.2 Å². The Bertz CT molecular complexity index is 2100. The van der Waals surface area contributed by atoms with Gasteiger partial charge in [-0.15, -0.1) is 0 Å². The second-order valence-electron chi connectivity index (χ2n) is 9.94. The number of esters is 1. The number of rotatable bonds is 9. The molecule has 0 aliphatic carbocycles. The number of halogens is 5. The van der Waals surface area contributed by atoms with E-state index in [1.165, 1.54) is 37.3 Å². The van der Waals surface area contributed by atoms with Crippen molar-refractivity contribution in [1.29, 1.82) is 5.26 Å². The van der Waals surface area contributed by atoms with Crippen molar-refractivity contribution >= 4 is 50.9 Å². The molecule has 2 heterocycles. The third-order valence-corrected chi connectivity index (χ3v) is 8.74. The lowest BCUT2D eigenvalue weighted by molar-refractivity contribution is -0.140. The van der Waals surface area contributed by atoms with Crippen LogP contribution in [0.2, 0.25) is 5.02 Å². The van der Waals surface area contributed by atoms with Crippen molar-refractivity contribution < 1.29 is 32.2 Å². The smallest absolute Gasteiger partial charge is 0.434 e. The van der Waals surface area contributed by atoms with E-state index in [0.29, 0.717) is 37.7 Å². The van der Waals surface area contributed by atoms with Gasteiger partial charge in [-0.1, -0.05) is 53.3 Å². The molecule has 0 saturated heterocycles. The van der Waals surface area contributed by atoms with Crippen molar-refractivity contribution in [3.05, 3.63) is 123 Å². The Morgan fingerprint density at radius 3 is 2.51 bits per heavy atom.